The van der Waals surface area contributed by atoms with Gasteiger partial charge in [0.05, 0.1) is 13.2 Å². The van der Waals surface area contributed by atoms with Gasteiger partial charge in [-0.3, -0.25) is 0 Å². The van der Waals surface area contributed by atoms with E-state index in [2.05, 4.69) is 19.2 Å². The average molecular weight is 197 g/mol. The van der Waals surface area contributed by atoms with E-state index >= 15 is 0 Å². The zero-order valence-corrected chi connectivity index (χ0v) is 9.51. The number of rotatable bonds is 3. The van der Waals surface area contributed by atoms with Gasteiger partial charge in [-0.05, 0) is 44.2 Å². The molecule has 0 aromatic heterocycles. The minimum Gasteiger partial charge on any atom is -0.380 e. The minimum absolute atomic E-state index is 0.530. The van der Waals surface area contributed by atoms with Crippen LogP contribution in [-0.4, -0.2) is 26.3 Å². The van der Waals surface area contributed by atoms with Crippen molar-refractivity contribution in [2.75, 3.05) is 26.3 Å². The second-order valence-corrected chi connectivity index (χ2v) is 5.41. The number of nitrogens with one attached hydrogen (secondary N) is 1. The van der Waals surface area contributed by atoms with Gasteiger partial charge in [0, 0.05) is 5.41 Å². The van der Waals surface area contributed by atoms with Crippen LogP contribution in [0.25, 0.3) is 0 Å². The summed E-state index contributed by atoms with van der Waals surface area (Å²) in [5.74, 6) is 1.73. The molecule has 14 heavy (non-hydrogen) atoms. The van der Waals surface area contributed by atoms with Crippen molar-refractivity contribution in [1.82, 2.24) is 5.32 Å². The van der Waals surface area contributed by atoms with Crippen LogP contribution in [0.1, 0.15) is 33.1 Å². The van der Waals surface area contributed by atoms with Gasteiger partial charge in [0.1, 0.15) is 0 Å². The molecular formula is C12H23NO. The van der Waals surface area contributed by atoms with Gasteiger partial charge in [0.15, 0.2) is 0 Å². The van der Waals surface area contributed by atoms with Crippen LogP contribution in [0.3, 0.4) is 0 Å². The van der Waals surface area contributed by atoms with Gasteiger partial charge < -0.3 is 10.1 Å². The molecule has 2 aliphatic heterocycles. The lowest BCUT2D eigenvalue weighted by molar-refractivity contribution is -0.151. The van der Waals surface area contributed by atoms with E-state index in [0.29, 0.717) is 5.41 Å². The molecule has 2 nitrogen and oxygen atoms in total. The van der Waals surface area contributed by atoms with Gasteiger partial charge in [0.25, 0.3) is 0 Å². The molecule has 82 valence electrons. The number of hydrogen-bond donors (Lipinski definition) is 1. The summed E-state index contributed by atoms with van der Waals surface area (Å²) < 4.78 is 5.43. The van der Waals surface area contributed by atoms with E-state index in [1.54, 1.807) is 0 Å². The Hall–Kier alpha value is -0.0800. The van der Waals surface area contributed by atoms with Crippen LogP contribution in [0.4, 0.5) is 0 Å². The quantitative estimate of drug-likeness (QED) is 0.747. The van der Waals surface area contributed by atoms with Crippen molar-refractivity contribution in [3.8, 4) is 0 Å². The van der Waals surface area contributed by atoms with Crippen molar-refractivity contribution in [2.45, 2.75) is 33.1 Å². The normalized spacial score (nSPS) is 27.6. The summed E-state index contributed by atoms with van der Waals surface area (Å²) in [7, 11) is 0. The summed E-state index contributed by atoms with van der Waals surface area (Å²) in [5.41, 5.74) is 0.530. The number of piperidine rings is 1. The van der Waals surface area contributed by atoms with E-state index in [-0.39, 0.29) is 0 Å². The first-order valence-electron chi connectivity index (χ1n) is 6.01. The molecule has 0 aromatic carbocycles. The molecular weight excluding hydrogens is 174 g/mol. The minimum atomic E-state index is 0.530. The van der Waals surface area contributed by atoms with Crippen molar-refractivity contribution in [3.63, 3.8) is 0 Å². The Kier molecular flexibility index (Phi) is 3.13. The zero-order chi connectivity index (χ0) is 10.0. The van der Waals surface area contributed by atoms with Crippen LogP contribution in [0.2, 0.25) is 0 Å². The molecule has 2 rings (SSSR count). The van der Waals surface area contributed by atoms with E-state index in [4.69, 9.17) is 4.74 Å². The first-order valence-corrected chi connectivity index (χ1v) is 6.01. The lowest BCUT2D eigenvalue weighted by Gasteiger charge is -2.47. The van der Waals surface area contributed by atoms with Gasteiger partial charge in [0.2, 0.25) is 0 Å². The summed E-state index contributed by atoms with van der Waals surface area (Å²) in [4.78, 5) is 0. The molecule has 2 fully saturated rings. The maximum Gasteiger partial charge on any atom is 0.0547 e. The molecule has 1 N–H and O–H groups in total. The highest BCUT2D eigenvalue weighted by atomic mass is 16.5. The second kappa shape index (κ2) is 4.19. The number of hydrogen-bond acceptors (Lipinski definition) is 2. The SMILES string of the molecule is CC(C)C1(CC2CCNCC2)COC1. The predicted octanol–water partition coefficient (Wildman–Crippen LogP) is 2.05. The van der Waals surface area contributed by atoms with Crippen LogP contribution in [-0.2, 0) is 4.74 Å². The third-order valence-corrected chi connectivity index (χ3v) is 4.16. The Morgan fingerprint density at radius 2 is 1.93 bits per heavy atom. The molecule has 0 spiro atoms. The predicted molar refractivity (Wildman–Crippen MR) is 58.3 cm³/mol. The molecule has 2 saturated heterocycles. The number of ether oxygens (including phenoxy) is 1. The first-order chi connectivity index (χ1) is 6.73. The lowest BCUT2D eigenvalue weighted by atomic mass is 9.68. The molecule has 0 radical (unpaired) electrons. The summed E-state index contributed by atoms with van der Waals surface area (Å²) in [6.07, 6.45) is 4.13. The maximum atomic E-state index is 5.43. The highest BCUT2D eigenvalue weighted by molar-refractivity contribution is 4.91. The van der Waals surface area contributed by atoms with Crippen LogP contribution in [0, 0.1) is 17.3 Å². The van der Waals surface area contributed by atoms with E-state index in [1.165, 1.54) is 32.4 Å². The van der Waals surface area contributed by atoms with Crippen LogP contribution in [0.15, 0.2) is 0 Å². The maximum absolute atomic E-state index is 5.43. The van der Waals surface area contributed by atoms with E-state index in [0.717, 1.165) is 25.0 Å². The molecule has 0 saturated carbocycles. The Balaban J connectivity index is 1.87. The van der Waals surface area contributed by atoms with Gasteiger partial charge in [-0.1, -0.05) is 13.8 Å². The molecule has 2 heterocycles. The van der Waals surface area contributed by atoms with E-state index in [9.17, 15) is 0 Å². The molecule has 0 bridgehead atoms. The topological polar surface area (TPSA) is 21.3 Å². The van der Waals surface area contributed by atoms with E-state index < -0.39 is 0 Å². The Bertz CT molecular complexity index is 181. The average Bonchev–Trinajstić information content (AvgIpc) is 2.12. The molecule has 2 aliphatic rings. The Morgan fingerprint density at radius 1 is 1.29 bits per heavy atom. The molecule has 0 atom stereocenters. The summed E-state index contributed by atoms with van der Waals surface area (Å²) in [6, 6.07) is 0. The first kappa shape index (κ1) is 10.4. The third-order valence-electron chi connectivity index (χ3n) is 4.16. The Labute approximate surface area is 87.4 Å². The molecule has 0 unspecified atom stereocenters. The Morgan fingerprint density at radius 3 is 2.36 bits per heavy atom. The van der Waals surface area contributed by atoms with E-state index in [1.807, 2.05) is 0 Å². The van der Waals surface area contributed by atoms with Crippen LogP contribution < -0.4 is 5.32 Å². The van der Waals surface area contributed by atoms with Gasteiger partial charge in [-0.25, -0.2) is 0 Å². The van der Waals surface area contributed by atoms with Crippen LogP contribution in [0.5, 0.6) is 0 Å². The third kappa shape index (κ3) is 1.96. The fourth-order valence-corrected chi connectivity index (χ4v) is 2.71. The highest BCUT2D eigenvalue weighted by Gasteiger charge is 2.42. The lowest BCUT2D eigenvalue weighted by Crippen LogP contribution is -2.48. The van der Waals surface area contributed by atoms with Gasteiger partial charge in [-0.15, -0.1) is 0 Å². The summed E-state index contributed by atoms with van der Waals surface area (Å²) in [6.45, 7) is 9.16. The smallest absolute Gasteiger partial charge is 0.0547 e. The second-order valence-electron chi connectivity index (χ2n) is 5.41. The largest absolute Gasteiger partial charge is 0.380 e. The van der Waals surface area contributed by atoms with Gasteiger partial charge >= 0.3 is 0 Å². The zero-order valence-electron chi connectivity index (χ0n) is 9.51. The van der Waals surface area contributed by atoms with Gasteiger partial charge in [-0.2, -0.15) is 0 Å². The van der Waals surface area contributed by atoms with Crippen molar-refractivity contribution < 1.29 is 4.74 Å². The van der Waals surface area contributed by atoms with Crippen molar-refractivity contribution >= 4 is 0 Å². The highest BCUT2D eigenvalue weighted by Crippen LogP contribution is 2.43. The van der Waals surface area contributed by atoms with Crippen LogP contribution >= 0.6 is 0 Å². The van der Waals surface area contributed by atoms with Crippen molar-refractivity contribution in [3.05, 3.63) is 0 Å². The summed E-state index contributed by atoms with van der Waals surface area (Å²) in [5, 5.41) is 3.43. The van der Waals surface area contributed by atoms with Crippen molar-refractivity contribution in [1.29, 1.82) is 0 Å². The molecule has 0 aliphatic carbocycles. The monoisotopic (exact) mass is 197 g/mol. The molecule has 2 heteroatoms. The summed E-state index contributed by atoms with van der Waals surface area (Å²) >= 11 is 0. The van der Waals surface area contributed by atoms with Crippen molar-refractivity contribution in [2.24, 2.45) is 17.3 Å². The molecule has 0 aromatic rings. The molecule has 0 amide bonds. The fourth-order valence-electron chi connectivity index (χ4n) is 2.71. The fraction of sp³-hybridized carbons (Fsp3) is 1.00. The standard InChI is InChI=1S/C12H23NO/c1-10(2)12(8-14-9-12)7-11-3-5-13-6-4-11/h10-11,13H,3-9H2,1-2H3.